The van der Waals surface area contributed by atoms with Crippen LogP contribution in [0.2, 0.25) is 0 Å². The van der Waals surface area contributed by atoms with E-state index in [0.29, 0.717) is 12.5 Å². The first kappa shape index (κ1) is 11.1. The molecule has 1 aromatic rings. The monoisotopic (exact) mass is 262 g/mol. The highest BCUT2D eigenvalue weighted by atomic mass is 79.9. The molecule has 0 aliphatic rings. The van der Waals surface area contributed by atoms with E-state index < -0.39 is 4.92 Å². The van der Waals surface area contributed by atoms with Crippen molar-refractivity contribution < 1.29 is 4.92 Å². The quantitative estimate of drug-likeness (QED) is 0.459. The van der Waals surface area contributed by atoms with Gasteiger partial charge in [-0.1, -0.05) is 34.3 Å². The molecule has 0 aromatic carbocycles. The topological polar surface area (TPSA) is 73.8 Å². The Labute approximate surface area is 89.6 Å². The zero-order valence-electron chi connectivity index (χ0n) is 7.76. The maximum Gasteiger partial charge on any atom is 0.490 e. The number of aromatic nitrogens is 3. The average molecular weight is 263 g/mol. The Kier molecular flexibility index (Phi) is 3.99. The van der Waals surface area contributed by atoms with Crippen LogP contribution in [0.1, 0.15) is 13.3 Å². The third-order valence-electron chi connectivity index (χ3n) is 1.93. The van der Waals surface area contributed by atoms with Crippen molar-refractivity contribution in [2.45, 2.75) is 19.9 Å². The lowest BCUT2D eigenvalue weighted by Gasteiger charge is -2.07. The Morgan fingerprint density at radius 2 is 2.50 bits per heavy atom. The lowest BCUT2D eigenvalue weighted by atomic mass is 10.1. The molecule has 7 heteroatoms. The fourth-order valence-corrected chi connectivity index (χ4v) is 1.67. The van der Waals surface area contributed by atoms with Crippen molar-refractivity contribution in [2.75, 3.05) is 5.33 Å². The van der Waals surface area contributed by atoms with Gasteiger partial charge in [0.05, 0.1) is 6.54 Å². The minimum absolute atomic E-state index is 0.338. The molecule has 0 saturated carbocycles. The summed E-state index contributed by atoms with van der Waals surface area (Å²) in [7, 11) is 0. The van der Waals surface area contributed by atoms with Crippen molar-refractivity contribution in [1.82, 2.24) is 14.8 Å². The highest BCUT2D eigenvalue weighted by Crippen LogP contribution is 2.10. The van der Waals surface area contributed by atoms with Gasteiger partial charge >= 0.3 is 5.95 Å². The molecule has 0 saturated heterocycles. The fourth-order valence-electron chi connectivity index (χ4n) is 1.01. The van der Waals surface area contributed by atoms with Crippen molar-refractivity contribution in [3.63, 3.8) is 0 Å². The molecule has 0 aliphatic heterocycles. The zero-order chi connectivity index (χ0) is 10.6. The summed E-state index contributed by atoms with van der Waals surface area (Å²) < 4.78 is 1.51. The molecule has 0 aliphatic carbocycles. The summed E-state index contributed by atoms with van der Waals surface area (Å²) in [6.45, 7) is 2.72. The Bertz CT molecular complexity index is 310. The van der Waals surface area contributed by atoms with Gasteiger partial charge in [0, 0.05) is 10.4 Å². The van der Waals surface area contributed by atoms with E-state index in [-0.39, 0.29) is 5.95 Å². The molecular weight excluding hydrogens is 252 g/mol. The van der Waals surface area contributed by atoms with Crippen LogP contribution in [0.5, 0.6) is 0 Å². The molecule has 0 bridgehead atoms. The number of hydrogen-bond acceptors (Lipinski definition) is 4. The molecule has 1 rings (SSSR count). The van der Waals surface area contributed by atoms with Crippen LogP contribution in [0.25, 0.3) is 0 Å². The number of hydrogen-bond donors (Lipinski definition) is 0. The number of nitro groups is 1. The van der Waals surface area contributed by atoms with Gasteiger partial charge in [-0.2, -0.15) is 4.68 Å². The smallest absolute Gasteiger partial charge is 0.390 e. The summed E-state index contributed by atoms with van der Waals surface area (Å²) in [4.78, 5) is 13.3. The second-order valence-electron chi connectivity index (χ2n) is 2.95. The van der Waals surface area contributed by atoms with Crippen LogP contribution in [0.4, 0.5) is 5.95 Å². The summed E-state index contributed by atoms with van der Waals surface area (Å²) in [6.07, 6.45) is 2.39. The number of rotatable bonds is 5. The van der Waals surface area contributed by atoms with Crippen LogP contribution >= 0.6 is 15.9 Å². The van der Waals surface area contributed by atoms with Crippen LogP contribution in [-0.2, 0) is 6.54 Å². The first-order chi connectivity index (χ1) is 6.67. The van der Waals surface area contributed by atoms with Gasteiger partial charge in [0.15, 0.2) is 0 Å². The molecule has 0 amide bonds. The van der Waals surface area contributed by atoms with Crippen LogP contribution < -0.4 is 0 Å². The second-order valence-corrected chi connectivity index (χ2v) is 3.60. The van der Waals surface area contributed by atoms with Crippen LogP contribution in [0.3, 0.4) is 0 Å². The molecule has 1 aromatic heterocycles. The zero-order valence-corrected chi connectivity index (χ0v) is 9.35. The lowest BCUT2D eigenvalue weighted by molar-refractivity contribution is -0.394. The van der Waals surface area contributed by atoms with Crippen LogP contribution in [0.15, 0.2) is 6.33 Å². The summed E-state index contributed by atoms with van der Waals surface area (Å²) >= 11 is 3.37. The maximum atomic E-state index is 10.3. The Hall–Kier alpha value is -0.980. The molecule has 1 atom stereocenters. The Morgan fingerprint density at radius 1 is 1.79 bits per heavy atom. The minimum Gasteiger partial charge on any atom is -0.390 e. The fraction of sp³-hybridized carbons (Fsp3) is 0.714. The molecule has 6 nitrogen and oxygen atoms in total. The third kappa shape index (κ3) is 2.76. The van der Waals surface area contributed by atoms with Crippen LogP contribution in [-0.4, -0.2) is 25.0 Å². The first-order valence-corrected chi connectivity index (χ1v) is 5.39. The van der Waals surface area contributed by atoms with E-state index in [4.69, 9.17) is 0 Å². The molecule has 1 heterocycles. The van der Waals surface area contributed by atoms with Crippen LogP contribution in [0, 0.1) is 16.0 Å². The molecule has 0 spiro atoms. The van der Waals surface area contributed by atoms with Gasteiger partial charge in [-0.25, -0.2) is 0 Å². The predicted octanol–water partition coefficient (Wildman–Crippen LogP) is 1.61. The molecule has 1 unspecified atom stereocenters. The Balaban J connectivity index is 2.63. The summed E-state index contributed by atoms with van der Waals surface area (Å²) in [5, 5.41) is 14.9. The second kappa shape index (κ2) is 5.04. The van der Waals surface area contributed by atoms with Gasteiger partial charge in [0.1, 0.15) is 0 Å². The molecule has 0 radical (unpaired) electrons. The van der Waals surface area contributed by atoms with Crippen molar-refractivity contribution in [3.05, 3.63) is 16.4 Å². The highest BCUT2D eigenvalue weighted by molar-refractivity contribution is 9.09. The first-order valence-electron chi connectivity index (χ1n) is 4.27. The van der Waals surface area contributed by atoms with Crippen molar-refractivity contribution >= 4 is 21.9 Å². The summed E-state index contributed by atoms with van der Waals surface area (Å²) in [5.74, 6) is 0.0886. The van der Waals surface area contributed by atoms with E-state index in [2.05, 4.69) is 32.9 Å². The van der Waals surface area contributed by atoms with Crippen molar-refractivity contribution in [1.29, 1.82) is 0 Å². The highest BCUT2D eigenvalue weighted by Gasteiger charge is 2.15. The van der Waals surface area contributed by atoms with E-state index >= 15 is 0 Å². The molecule has 0 N–H and O–H groups in total. The van der Waals surface area contributed by atoms with Gasteiger partial charge in [-0.05, 0) is 10.8 Å². The van der Waals surface area contributed by atoms with Gasteiger partial charge < -0.3 is 10.1 Å². The summed E-state index contributed by atoms with van der Waals surface area (Å²) in [5.41, 5.74) is 0. The summed E-state index contributed by atoms with van der Waals surface area (Å²) in [6, 6.07) is 0. The van der Waals surface area contributed by atoms with E-state index in [1.807, 2.05) is 0 Å². The van der Waals surface area contributed by atoms with Gasteiger partial charge in [0.2, 0.25) is 6.33 Å². The van der Waals surface area contributed by atoms with E-state index in [1.165, 1.54) is 11.0 Å². The number of halogens is 1. The van der Waals surface area contributed by atoms with Gasteiger partial charge in [-0.3, -0.25) is 0 Å². The van der Waals surface area contributed by atoms with Crippen molar-refractivity contribution in [2.24, 2.45) is 5.92 Å². The number of nitrogens with zero attached hydrogens (tertiary/aromatic N) is 4. The average Bonchev–Trinajstić information content (AvgIpc) is 2.62. The largest absolute Gasteiger partial charge is 0.490 e. The van der Waals surface area contributed by atoms with E-state index in [1.54, 1.807) is 0 Å². The Morgan fingerprint density at radius 3 is 2.93 bits per heavy atom. The van der Waals surface area contributed by atoms with Gasteiger partial charge in [-0.15, -0.1) is 0 Å². The maximum absolute atomic E-state index is 10.3. The normalized spacial score (nSPS) is 12.7. The lowest BCUT2D eigenvalue weighted by Crippen LogP contribution is -2.11. The molecule has 14 heavy (non-hydrogen) atoms. The SMILES string of the molecule is CCC(CBr)Cn1cnc([N+](=O)[O-])n1. The molecule has 0 fully saturated rings. The predicted molar refractivity (Wildman–Crippen MR) is 54.3 cm³/mol. The molecule has 78 valence electrons. The van der Waals surface area contributed by atoms with E-state index in [9.17, 15) is 10.1 Å². The van der Waals surface area contributed by atoms with Crippen molar-refractivity contribution in [3.8, 4) is 0 Å². The van der Waals surface area contributed by atoms with E-state index in [0.717, 1.165) is 11.8 Å². The molecular formula is C7H11BrN4O2. The standard InChI is InChI=1S/C7H11BrN4O2/c1-2-6(3-8)4-11-5-9-7(10-11)12(13)14/h5-6H,2-4H2,1H3. The third-order valence-corrected chi connectivity index (χ3v) is 2.84. The van der Waals surface area contributed by atoms with Gasteiger partial charge in [0.25, 0.3) is 0 Å². The number of alkyl halides is 1. The minimum atomic E-state index is -0.592.